The van der Waals surface area contributed by atoms with Crippen LogP contribution in [0.5, 0.6) is 0 Å². The van der Waals surface area contributed by atoms with Crippen LogP contribution in [0.3, 0.4) is 0 Å². The lowest BCUT2D eigenvalue weighted by molar-refractivity contribution is 0.138. The van der Waals surface area contributed by atoms with Crippen molar-refractivity contribution in [3.05, 3.63) is 0 Å². The zero-order valence-corrected chi connectivity index (χ0v) is 5.97. The van der Waals surface area contributed by atoms with E-state index in [9.17, 15) is 0 Å². The molecule has 0 aromatic rings. The van der Waals surface area contributed by atoms with Gasteiger partial charge in [0, 0.05) is 19.4 Å². The summed E-state index contributed by atoms with van der Waals surface area (Å²) in [5, 5.41) is 8.13. The molecule has 54 valence electrons. The second-order valence-corrected chi connectivity index (χ2v) is 1.83. The smallest absolute Gasteiger partial charge is 0.0622 e. The molecule has 0 saturated carbocycles. The second-order valence-electron chi connectivity index (χ2n) is 1.83. The molecular formula is C8H11NO. The third-order valence-electron chi connectivity index (χ3n) is 0.968. The monoisotopic (exact) mass is 137 g/mol. The minimum Gasteiger partial charge on any atom is -0.380 e. The van der Waals surface area contributed by atoms with Crippen molar-refractivity contribution in [1.82, 2.24) is 0 Å². The molecule has 0 aliphatic carbocycles. The van der Waals surface area contributed by atoms with E-state index in [4.69, 9.17) is 16.4 Å². The summed E-state index contributed by atoms with van der Waals surface area (Å²) >= 11 is 0. The fourth-order valence-corrected chi connectivity index (χ4v) is 0.486. The van der Waals surface area contributed by atoms with Crippen molar-refractivity contribution < 1.29 is 4.74 Å². The summed E-state index contributed by atoms with van der Waals surface area (Å²) in [6, 6.07) is 2.04. The summed E-state index contributed by atoms with van der Waals surface area (Å²) in [6.07, 6.45) is 7.02. The molecular weight excluding hydrogens is 126 g/mol. The molecule has 0 rings (SSSR count). The van der Waals surface area contributed by atoms with Crippen LogP contribution in [-0.4, -0.2) is 13.2 Å². The molecule has 0 unspecified atom stereocenters. The summed E-state index contributed by atoms with van der Waals surface area (Å²) in [5.74, 6) is 2.47. The highest BCUT2D eigenvalue weighted by Gasteiger charge is 1.85. The summed E-state index contributed by atoms with van der Waals surface area (Å²) < 4.78 is 5.08. The van der Waals surface area contributed by atoms with Gasteiger partial charge in [-0.05, 0) is 6.42 Å². The molecule has 0 atom stereocenters. The molecule has 0 aromatic carbocycles. The highest BCUT2D eigenvalue weighted by atomic mass is 16.5. The molecule has 0 bridgehead atoms. The molecule has 0 aliphatic rings. The Kier molecular flexibility index (Phi) is 7.22. The summed E-state index contributed by atoms with van der Waals surface area (Å²) in [7, 11) is 0. The third kappa shape index (κ3) is 7.01. The van der Waals surface area contributed by atoms with Gasteiger partial charge in [-0.15, -0.1) is 12.3 Å². The van der Waals surface area contributed by atoms with Gasteiger partial charge in [0.2, 0.25) is 0 Å². The van der Waals surface area contributed by atoms with E-state index in [1.165, 1.54) is 0 Å². The molecule has 0 fully saturated rings. The molecule has 0 radical (unpaired) electrons. The Morgan fingerprint density at radius 3 is 2.70 bits per heavy atom. The molecule has 0 aliphatic heterocycles. The van der Waals surface area contributed by atoms with Crippen LogP contribution >= 0.6 is 0 Å². The lowest BCUT2D eigenvalue weighted by Gasteiger charge is -1.96. The maximum absolute atomic E-state index is 8.13. The first-order valence-corrected chi connectivity index (χ1v) is 3.30. The van der Waals surface area contributed by atoms with E-state index < -0.39 is 0 Å². The summed E-state index contributed by atoms with van der Waals surface area (Å²) in [5.41, 5.74) is 0. The standard InChI is InChI=1S/C8H11NO/c1-2-3-7-10-8-5-4-6-9/h1H,3-5,7-8H2. The van der Waals surface area contributed by atoms with Gasteiger partial charge in [0.05, 0.1) is 12.7 Å². The molecule has 0 saturated heterocycles. The van der Waals surface area contributed by atoms with Crippen LogP contribution in [0.4, 0.5) is 0 Å². The SMILES string of the molecule is C#CCCOCCCC#N. The molecule has 2 heteroatoms. The highest BCUT2D eigenvalue weighted by Crippen LogP contribution is 1.88. The van der Waals surface area contributed by atoms with Gasteiger partial charge in [-0.1, -0.05) is 0 Å². The van der Waals surface area contributed by atoms with Gasteiger partial charge in [-0.3, -0.25) is 0 Å². The van der Waals surface area contributed by atoms with Gasteiger partial charge in [0.25, 0.3) is 0 Å². The van der Waals surface area contributed by atoms with Crippen LogP contribution < -0.4 is 0 Å². The predicted octanol–water partition coefficient (Wildman–Crippen LogP) is 1.33. The molecule has 0 amide bonds. The fourth-order valence-electron chi connectivity index (χ4n) is 0.486. The van der Waals surface area contributed by atoms with Crippen molar-refractivity contribution in [2.75, 3.05) is 13.2 Å². The Bertz CT molecular complexity index is 122. The number of nitriles is 1. The van der Waals surface area contributed by atoms with Gasteiger partial charge in [0.1, 0.15) is 0 Å². The van der Waals surface area contributed by atoms with E-state index in [1.807, 2.05) is 6.07 Å². The van der Waals surface area contributed by atoms with Crippen molar-refractivity contribution in [1.29, 1.82) is 5.26 Å². The van der Waals surface area contributed by atoms with Crippen molar-refractivity contribution in [3.63, 3.8) is 0 Å². The maximum atomic E-state index is 8.13. The Hall–Kier alpha value is -0.990. The minimum absolute atomic E-state index is 0.566. The zero-order chi connectivity index (χ0) is 7.66. The quantitative estimate of drug-likeness (QED) is 0.423. The molecule has 10 heavy (non-hydrogen) atoms. The van der Waals surface area contributed by atoms with Gasteiger partial charge >= 0.3 is 0 Å². The Balaban J connectivity index is 2.80. The number of unbranched alkanes of at least 4 members (excludes halogenated alkanes) is 1. The van der Waals surface area contributed by atoms with Crippen LogP contribution in [0.15, 0.2) is 0 Å². The van der Waals surface area contributed by atoms with Crippen molar-refractivity contribution in [2.24, 2.45) is 0 Å². The lowest BCUT2D eigenvalue weighted by atomic mass is 10.3. The topological polar surface area (TPSA) is 33.0 Å². The second kappa shape index (κ2) is 8.01. The van der Waals surface area contributed by atoms with E-state index >= 15 is 0 Å². The largest absolute Gasteiger partial charge is 0.380 e. The van der Waals surface area contributed by atoms with Crippen LogP contribution in [-0.2, 0) is 4.74 Å². The molecule has 0 spiro atoms. The third-order valence-corrected chi connectivity index (χ3v) is 0.968. The zero-order valence-electron chi connectivity index (χ0n) is 5.97. The van der Waals surface area contributed by atoms with Gasteiger partial charge in [0.15, 0.2) is 0 Å². The Labute approximate surface area is 61.8 Å². The minimum atomic E-state index is 0.566. The first-order valence-electron chi connectivity index (χ1n) is 3.30. The summed E-state index contributed by atoms with van der Waals surface area (Å²) in [4.78, 5) is 0. The van der Waals surface area contributed by atoms with Crippen LogP contribution in [0.25, 0.3) is 0 Å². The average Bonchev–Trinajstić information content (AvgIpc) is 1.97. The van der Waals surface area contributed by atoms with E-state index in [0.717, 1.165) is 6.42 Å². The molecule has 0 N–H and O–H groups in total. The fraction of sp³-hybridized carbons (Fsp3) is 0.625. The van der Waals surface area contributed by atoms with Crippen molar-refractivity contribution in [2.45, 2.75) is 19.3 Å². The Morgan fingerprint density at radius 2 is 2.10 bits per heavy atom. The number of hydrogen-bond acceptors (Lipinski definition) is 2. The van der Waals surface area contributed by atoms with E-state index in [2.05, 4.69) is 5.92 Å². The first-order chi connectivity index (χ1) is 4.91. The first kappa shape index (κ1) is 9.01. The summed E-state index contributed by atoms with van der Waals surface area (Å²) in [6.45, 7) is 1.26. The van der Waals surface area contributed by atoms with Crippen LogP contribution in [0.1, 0.15) is 19.3 Å². The van der Waals surface area contributed by atoms with Crippen molar-refractivity contribution in [3.8, 4) is 18.4 Å². The number of hydrogen-bond donors (Lipinski definition) is 0. The predicted molar refractivity (Wildman–Crippen MR) is 39.1 cm³/mol. The highest BCUT2D eigenvalue weighted by molar-refractivity contribution is 4.82. The van der Waals surface area contributed by atoms with Crippen LogP contribution in [0.2, 0.25) is 0 Å². The Morgan fingerprint density at radius 1 is 1.30 bits per heavy atom. The number of ether oxygens (including phenoxy) is 1. The van der Waals surface area contributed by atoms with Crippen molar-refractivity contribution >= 4 is 0 Å². The van der Waals surface area contributed by atoms with Gasteiger partial charge < -0.3 is 4.74 Å². The van der Waals surface area contributed by atoms with E-state index in [-0.39, 0.29) is 0 Å². The number of nitrogens with zero attached hydrogens (tertiary/aromatic N) is 1. The van der Waals surface area contributed by atoms with Gasteiger partial charge in [-0.25, -0.2) is 0 Å². The maximum Gasteiger partial charge on any atom is 0.0622 e. The lowest BCUT2D eigenvalue weighted by Crippen LogP contribution is -1.94. The van der Waals surface area contributed by atoms with E-state index in [0.29, 0.717) is 26.1 Å². The average molecular weight is 137 g/mol. The number of terminal acetylenes is 1. The molecule has 0 aromatic heterocycles. The normalized spacial score (nSPS) is 8.20. The van der Waals surface area contributed by atoms with Gasteiger partial charge in [-0.2, -0.15) is 5.26 Å². The van der Waals surface area contributed by atoms with Crippen LogP contribution in [0, 0.1) is 23.7 Å². The molecule has 2 nitrogen and oxygen atoms in total. The molecule has 0 heterocycles. The number of rotatable bonds is 5. The van der Waals surface area contributed by atoms with E-state index in [1.54, 1.807) is 0 Å².